The number of rotatable bonds is 4. The highest BCUT2D eigenvalue weighted by Crippen LogP contribution is 2.20. The van der Waals surface area contributed by atoms with Crippen LogP contribution in [0.5, 0.6) is 0 Å². The lowest BCUT2D eigenvalue weighted by atomic mass is 10.1. The summed E-state index contributed by atoms with van der Waals surface area (Å²) in [5, 5.41) is 12.3. The molecule has 1 fully saturated rings. The first-order valence-electron chi connectivity index (χ1n) is 6.63. The molecule has 7 nitrogen and oxygen atoms in total. The van der Waals surface area contributed by atoms with E-state index in [1.807, 2.05) is 0 Å². The number of β-amino-alcohol motifs (C(OH)–C–C–N with tert-alkyl or cyclic N) is 1. The number of likely N-dealkylation sites (tertiary alicyclic amines) is 1. The number of aliphatic hydroxyl groups is 1. The van der Waals surface area contributed by atoms with E-state index in [0.29, 0.717) is 28.5 Å². The highest BCUT2D eigenvalue weighted by molar-refractivity contribution is 9.10. The van der Waals surface area contributed by atoms with E-state index in [1.54, 1.807) is 6.20 Å². The van der Waals surface area contributed by atoms with Gasteiger partial charge in [-0.05, 0) is 35.3 Å². The average Bonchev–Trinajstić information content (AvgIpc) is 2.81. The highest BCUT2D eigenvalue weighted by Gasteiger charge is 2.21. The van der Waals surface area contributed by atoms with Gasteiger partial charge in [0.05, 0.1) is 12.8 Å². The molecule has 20 heavy (non-hydrogen) atoms. The number of piperidine rings is 1. The molecule has 1 aliphatic rings. The average molecular weight is 342 g/mol. The number of aliphatic hydroxyl groups excluding tert-OH is 1. The van der Waals surface area contributed by atoms with Crippen LogP contribution in [-0.2, 0) is 0 Å². The van der Waals surface area contributed by atoms with Crippen molar-refractivity contribution < 1.29 is 9.52 Å². The first kappa shape index (κ1) is 13.7. The summed E-state index contributed by atoms with van der Waals surface area (Å²) in [5.74, 6) is 0. The van der Waals surface area contributed by atoms with Gasteiger partial charge in [-0.1, -0.05) is 0 Å². The summed E-state index contributed by atoms with van der Waals surface area (Å²) in [6.07, 6.45) is 3.74. The van der Waals surface area contributed by atoms with Gasteiger partial charge in [0.15, 0.2) is 0 Å². The van der Waals surface area contributed by atoms with Crippen molar-refractivity contribution in [2.24, 2.45) is 0 Å². The molecule has 0 aromatic carbocycles. The van der Waals surface area contributed by atoms with Gasteiger partial charge in [-0.2, -0.15) is 4.98 Å². The van der Waals surface area contributed by atoms with Crippen molar-refractivity contribution in [1.82, 2.24) is 19.9 Å². The third kappa shape index (κ3) is 3.08. The van der Waals surface area contributed by atoms with Crippen LogP contribution in [0.1, 0.15) is 12.8 Å². The molecule has 1 saturated heterocycles. The van der Waals surface area contributed by atoms with Crippen LogP contribution in [0.4, 0.5) is 6.01 Å². The molecule has 0 unspecified atom stereocenters. The minimum absolute atomic E-state index is 0.192. The lowest BCUT2D eigenvalue weighted by molar-refractivity contribution is 0.166. The van der Waals surface area contributed by atoms with Crippen LogP contribution < -0.4 is 5.32 Å². The number of hydrogen-bond donors (Lipinski definition) is 2. The fourth-order valence-corrected chi connectivity index (χ4v) is 2.73. The van der Waals surface area contributed by atoms with E-state index in [1.165, 1.54) is 0 Å². The van der Waals surface area contributed by atoms with Gasteiger partial charge in [-0.15, -0.1) is 0 Å². The van der Waals surface area contributed by atoms with E-state index in [2.05, 4.69) is 41.1 Å². The summed E-state index contributed by atoms with van der Waals surface area (Å²) in [5.41, 5.74) is 0.920. The zero-order chi connectivity index (χ0) is 13.9. The van der Waals surface area contributed by atoms with Gasteiger partial charge >= 0.3 is 0 Å². The van der Waals surface area contributed by atoms with Gasteiger partial charge < -0.3 is 14.8 Å². The number of oxazole rings is 1. The van der Waals surface area contributed by atoms with E-state index >= 15 is 0 Å². The van der Waals surface area contributed by atoms with Crippen molar-refractivity contribution in [3.8, 4) is 0 Å². The van der Waals surface area contributed by atoms with Crippen LogP contribution in [0.2, 0.25) is 0 Å². The molecule has 2 aromatic rings. The number of nitrogens with zero attached hydrogens (tertiary/aromatic N) is 4. The number of aromatic nitrogens is 3. The molecule has 0 aliphatic carbocycles. The Morgan fingerprint density at radius 2 is 2.40 bits per heavy atom. The van der Waals surface area contributed by atoms with Crippen molar-refractivity contribution in [2.45, 2.75) is 18.9 Å². The molecule has 3 rings (SSSR count). The molecule has 0 radical (unpaired) electrons. The molecule has 3 heterocycles. The van der Waals surface area contributed by atoms with Crippen LogP contribution >= 0.6 is 15.9 Å². The third-order valence-electron chi connectivity index (χ3n) is 3.34. The smallest absolute Gasteiger partial charge is 0.298 e. The Kier molecular flexibility index (Phi) is 4.13. The van der Waals surface area contributed by atoms with Crippen molar-refractivity contribution in [3.63, 3.8) is 0 Å². The third-order valence-corrected chi connectivity index (χ3v) is 3.72. The molecule has 1 atom stereocenters. The second-order valence-corrected chi connectivity index (χ2v) is 5.66. The van der Waals surface area contributed by atoms with Gasteiger partial charge in [-0.3, -0.25) is 4.90 Å². The molecule has 108 valence electrons. The summed E-state index contributed by atoms with van der Waals surface area (Å²) in [6, 6.07) is 0.723. The minimum Gasteiger partial charge on any atom is -0.403 e. The normalized spacial score (nSPS) is 20.4. The maximum absolute atomic E-state index is 9.00. The Morgan fingerprint density at radius 3 is 3.25 bits per heavy atom. The standard InChI is InChI=1S/C12H16BrN5O2/c13-9-6-14-11-10(16-9)17-12(20-11)15-8-2-1-3-18(7-8)4-5-19/h6,8,19H,1-5,7H2,(H,15,16,17)/t8-/m1/s1. The zero-order valence-corrected chi connectivity index (χ0v) is 12.5. The summed E-state index contributed by atoms with van der Waals surface area (Å²) < 4.78 is 6.17. The van der Waals surface area contributed by atoms with Crippen molar-refractivity contribution in [3.05, 3.63) is 10.8 Å². The topological polar surface area (TPSA) is 87.3 Å². The second-order valence-electron chi connectivity index (χ2n) is 4.85. The lowest BCUT2D eigenvalue weighted by Gasteiger charge is -2.32. The summed E-state index contributed by atoms with van der Waals surface area (Å²) >= 11 is 3.26. The maximum atomic E-state index is 9.00. The van der Waals surface area contributed by atoms with Crippen LogP contribution in [0.3, 0.4) is 0 Å². The minimum atomic E-state index is 0.192. The van der Waals surface area contributed by atoms with Gasteiger partial charge in [0, 0.05) is 19.1 Å². The molecule has 8 heteroatoms. The Balaban J connectivity index is 1.69. The monoisotopic (exact) mass is 341 g/mol. The van der Waals surface area contributed by atoms with E-state index in [4.69, 9.17) is 9.52 Å². The zero-order valence-electron chi connectivity index (χ0n) is 10.9. The quantitative estimate of drug-likeness (QED) is 0.865. The van der Waals surface area contributed by atoms with Crippen molar-refractivity contribution >= 4 is 33.3 Å². The first-order valence-corrected chi connectivity index (χ1v) is 7.43. The maximum Gasteiger partial charge on any atom is 0.298 e. The molecule has 2 N–H and O–H groups in total. The number of nitrogens with one attached hydrogen (secondary N) is 1. The highest BCUT2D eigenvalue weighted by atomic mass is 79.9. The van der Waals surface area contributed by atoms with Gasteiger partial charge in [0.1, 0.15) is 4.60 Å². The molecular weight excluding hydrogens is 326 g/mol. The fourth-order valence-electron chi connectivity index (χ4n) is 2.46. The van der Waals surface area contributed by atoms with Crippen molar-refractivity contribution in [1.29, 1.82) is 0 Å². The Labute approximate surface area is 124 Å². The van der Waals surface area contributed by atoms with Crippen LogP contribution in [-0.4, -0.2) is 57.2 Å². The lowest BCUT2D eigenvalue weighted by Crippen LogP contribution is -2.43. The van der Waals surface area contributed by atoms with E-state index in [0.717, 1.165) is 25.9 Å². The van der Waals surface area contributed by atoms with Crippen LogP contribution in [0.15, 0.2) is 15.2 Å². The van der Waals surface area contributed by atoms with Gasteiger partial charge in [-0.25, -0.2) is 9.97 Å². The molecule has 0 bridgehead atoms. The second kappa shape index (κ2) is 6.02. The van der Waals surface area contributed by atoms with Crippen molar-refractivity contribution in [2.75, 3.05) is 31.6 Å². The number of halogens is 1. The van der Waals surface area contributed by atoms with Gasteiger partial charge in [0.2, 0.25) is 5.65 Å². The largest absolute Gasteiger partial charge is 0.403 e. The first-order chi connectivity index (χ1) is 9.74. The summed E-state index contributed by atoms with van der Waals surface area (Å²) in [4.78, 5) is 14.8. The molecule has 0 amide bonds. The van der Waals surface area contributed by atoms with Crippen LogP contribution in [0, 0.1) is 0 Å². The molecule has 2 aromatic heterocycles. The van der Waals surface area contributed by atoms with E-state index in [-0.39, 0.29) is 12.6 Å². The van der Waals surface area contributed by atoms with E-state index in [9.17, 15) is 0 Å². The van der Waals surface area contributed by atoms with E-state index < -0.39 is 0 Å². The molecule has 0 saturated carbocycles. The van der Waals surface area contributed by atoms with Gasteiger partial charge in [0.25, 0.3) is 11.7 Å². The molecule has 1 aliphatic heterocycles. The predicted octanol–water partition coefficient (Wildman–Crippen LogP) is 1.25. The molecular formula is C12H16BrN5O2. The predicted molar refractivity (Wildman–Crippen MR) is 77.5 cm³/mol. The molecule has 0 spiro atoms. The summed E-state index contributed by atoms with van der Waals surface area (Å²) in [6.45, 7) is 2.81. The number of fused-ring (bicyclic) bond motifs is 1. The Bertz CT molecular complexity index is 588. The van der Waals surface area contributed by atoms with Crippen LogP contribution in [0.25, 0.3) is 11.4 Å². The SMILES string of the molecule is OCCN1CCC[C@@H](Nc2nc3nc(Br)cnc3o2)C1. The fraction of sp³-hybridized carbons (Fsp3) is 0.583. The number of hydrogen-bond acceptors (Lipinski definition) is 7. The Morgan fingerprint density at radius 1 is 1.50 bits per heavy atom. The Hall–Kier alpha value is -1.25. The summed E-state index contributed by atoms with van der Waals surface area (Å²) in [7, 11) is 0. The number of anilines is 1.